The molecular weight excluding hydrogens is 318 g/mol. The highest BCUT2D eigenvalue weighted by Gasteiger charge is 2.38. The first kappa shape index (κ1) is 13.6. The monoisotopic (exact) mass is 335 g/mol. The zero-order valence-corrected chi connectivity index (χ0v) is 13.0. The van der Waals surface area contributed by atoms with Crippen molar-refractivity contribution in [1.29, 1.82) is 0 Å². The summed E-state index contributed by atoms with van der Waals surface area (Å²) < 4.78 is 6.74. The molecule has 1 aliphatic carbocycles. The van der Waals surface area contributed by atoms with Crippen LogP contribution in [0.25, 0.3) is 11.1 Å². The molecule has 0 saturated heterocycles. The topological polar surface area (TPSA) is 63.9 Å². The molecule has 0 radical (unpaired) electrons. The molecule has 1 saturated carbocycles. The van der Waals surface area contributed by atoms with E-state index in [1.807, 2.05) is 12.1 Å². The van der Waals surface area contributed by atoms with Crippen LogP contribution in [0.1, 0.15) is 25.0 Å². The molecule has 2 aromatic rings. The van der Waals surface area contributed by atoms with E-state index in [0.29, 0.717) is 5.82 Å². The fourth-order valence-corrected chi connectivity index (χ4v) is 3.23. The van der Waals surface area contributed by atoms with Crippen molar-refractivity contribution < 1.29 is 4.74 Å². The van der Waals surface area contributed by atoms with E-state index >= 15 is 0 Å². The SMILES string of the molecule is COC1(Cc2[nH]nc(N)c2-c2cccc(Br)c2)CCC1. The van der Waals surface area contributed by atoms with E-state index in [9.17, 15) is 0 Å². The lowest BCUT2D eigenvalue weighted by molar-refractivity contribution is -0.0713. The first-order chi connectivity index (χ1) is 9.63. The Hall–Kier alpha value is -1.33. The molecule has 1 aromatic carbocycles. The summed E-state index contributed by atoms with van der Waals surface area (Å²) in [6.07, 6.45) is 4.25. The van der Waals surface area contributed by atoms with Crippen molar-refractivity contribution in [1.82, 2.24) is 10.2 Å². The molecule has 0 aliphatic heterocycles. The van der Waals surface area contributed by atoms with Crippen molar-refractivity contribution in [3.05, 3.63) is 34.4 Å². The molecule has 1 fully saturated rings. The van der Waals surface area contributed by atoms with Crippen LogP contribution in [0.3, 0.4) is 0 Å². The van der Waals surface area contributed by atoms with Gasteiger partial charge in [-0.3, -0.25) is 5.10 Å². The molecule has 106 valence electrons. The molecule has 1 aliphatic rings. The van der Waals surface area contributed by atoms with Crippen LogP contribution >= 0.6 is 15.9 Å². The maximum atomic E-state index is 6.04. The quantitative estimate of drug-likeness (QED) is 0.898. The number of rotatable bonds is 4. The number of nitrogen functional groups attached to an aromatic ring is 1. The molecule has 0 amide bonds. The van der Waals surface area contributed by atoms with Gasteiger partial charge in [-0.2, -0.15) is 5.10 Å². The number of H-pyrrole nitrogens is 1. The van der Waals surface area contributed by atoms with E-state index in [1.165, 1.54) is 6.42 Å². The number of benzene rings is 1. The summed E-state index contributed by atoms with van der Waals surface area (Å²) in [5, 5.41) is 7.26. The van der Waals surface area contributed by atoms with Gasteiger partial charge in [0.15, 0.2) is 5.82 Å². The lowest BCUT2D eigenvalue weighted by Crippen LogP contribution is -2.41. The highest BCUT2D eigenvalue weighted by atomic mass is 79.9. The molecule has 1 heterocycles. The summed E-state index contributed by atoms with van der Waals surface area (Å²) in [5.74, 6) is 0.545. The summed E-state index contributed by atoms with van der Waals surface area (Å²) in [5.41, 5.74) is 9.13. The average molecular weight is 336 g/mol. The van der Waals surface area contributed by atoms with Gasteiger partial charge in [0.05, 0.1) is 5.60 Å². The minimum atomic E-state index is -0.0419. The molecule has 1 aromatic heterocycles. The van der Waals surface area contributed by atoms with Crippen molar-refractivity contribution in [2.45, 2.75) is 31.3 Å². The van der Waals surface area contributed by atoms with E-state index in [1.54, 1.807) is 7.11 Å². The number of anilines is 1. The maximum absolute atomic E-state index is 6.04. The van der Waals surface area contributed by atoms with Gasteiger partial charge in [-0.05, 0) is 37.0 Å². The Balaban J connectivity index is 1.97. The van der Waals surface area contributed by atoms with Crippen LogP contribution in [0.2, 0.25) is 0 Å². The third-order valence-electron chi connectivity index (χ3n) is 4.18. The number of nitrogens with two attached hydrogens (primary N) is 1. The van der Waals surface area contributed by atoms with Crippen molar-refractivity contribution in [2.75, 3.05) is 12.8 Å². The normalized spacial score (nSPS) is 16.9. The summed E-state index contributed by atoms with van der Waals surface area (Å²) >= 11 is 3.50. The van der Waals surface area contributed by atoms with Gasteiger partial charge in [-0.15, -0.1) is 0 Å². The van der Waals surface area contributed by atoms with Gasteiger partial charge in [0.25, 0.3) is 0 Å². The van der Waals surface area contributed by atoms with Gasteiger partial charge >= 0.3 is 0 Å². The fourth-order valence-electron chi connectivity index (χ4n) is 2.83. The minimum absolute atomic E-state index is 0.0419. The van der Waals surface area contributed by atoms with E-state index < -0.39 is 0 Å². The number of aromatic nitrogens is 2. The lowest BCUT2D eigenvalue weighted by Gasteiger charge is -2.40. The summed E-state index contributed by atoms with van der Waals surface area (Å²) in [4.78, 5) is 0. The standard InChI is InChI=1S/C15H18BrN3O/c1-20-15(6-3-7-15)9-12-13(14(17)19-18-12)10-4-2-5-11(16)8-10/h2,4-5,8H,3,6-7,9H2,1H3,(H3,17,18,19). The van der Waals surface area contributed by atoms with Crippen LogP contribution in [0, 0.1) is 0 Å². The average Bonchev–Trinajstić information content (AvgIpc) is 2.75. The fraction of sp³-hybridized carbons (Fsp3) is 0.400. The van der Waals surface area contributed by atoms with Crippen LogP contribution in [0.5, 0.6) is 0 Å². The maximum Gasteiger partial charge on any atom is 0.153 e. The highest BCUT2D eigenvalue weighted by Crippen LogP contribution is 2.40. The number of nitrogens with zero attached hydrogens (tertiary/aromatic N) is 1. The van der Waals surface area contributed by atoms with Gasteiger partial charge in [-0.1, -0.05) is 28.1 Å². The zero-order valence-electron chi connectivity index (χ0n) is 11.4. The molecule has 20 heavy (non-hydrogen) atoms. The molecule has 0 atom stereocenters. The number of nitrogens with one attached hydrogen (secondary N) is 1. The van der Waals surface area contributed by atoms with Crippen molar-refractivity contribution in [3.63, 3.8) is 0 Å². The Morgan fingerprint density at radius 1 is 1.45 bits per heavy atom. The Bertz CT molecular complexity index is 614. The molecule has 3 rings (SSSR count). The van der Waals surface area contributed by atoms with Crippen LogP contribution in [-0.2, 0) is 11.2 Å². The molecule has 0 bridgehead atoms. The number of methoxy groups -OCH3 is 1. The Labute approximate surface area is 126 Å². The predicted molar refractivity (Wildman–Crippen MR) is 83.4 cm³/mol. The second-order valence-electron chi connectivity index (χ2n) is 5.39. The number of hydrogen-bond donors (Lipinski definition) is 2. The summed E-state index contributed by atoms with van der Waals surface area (Å²) in [7, 11) is 1.79. The zero-order chi connectivity index (χ0) is 14.2. The van der Waals surface area contributed by atoms with Crippen molar-refractivity contribution >= 4 is 21.7 Å². The van der Waals surface area contributed by atoms with E-state index in [0.717, 1.165) is 40.6 Å². The van der Waals surface area contributed by atoms with Crippen molar-refractivity contribution in [3.8, 4) is 11.1 Å². The molecule has 5 heteroatoms. The second-order valence-corrected chi connectivity index (χ2v) is 6.31. The number of aromatic amines is 1. The van der Waals surface area contributed by atoms with Gasteiger partial charge in [0, 0.05) is 29.3 Å². The Kier molecular flexibility index (Phi) is 3.56. The van der Waals surface area contributed by atoms with Crippen LogP contribution < -0.4 is 5.73 Å². The second kappa shape index (κ2) is 5.22. The molecule has 4 nitrogen and oxygen atoms in total. The first-order valence-corrected chi connectivity index (χ1v) is 7.57. The first-order valence-electron chi connectivity index (χ1n) is 6.77. The molecule has 3 N–H and O–H groups in total. The Morgan fingerprint density at radius 3 is 2.85 bits per heavy atom. The van der Waals surface area contributed by atoms with E-state index in [-0.39, 0.29) is 5.60 Å². The largest absolute Gasteiger partial charge is 0.382 e. The van der Waals surface area contributed by atoms with Crippen LogP contribution in [0.4, 0.5) is 5.82 Å². The lowest BCUT2D eigenvalue weighted by atomic mass is 9.76. The molecule has 0 unspecified atom stereocenters. The summed E-state index contributed by atoms with van der Waals surface area (Å²) in [6.45, 7) is 0. The Morgan fingerprint density at radius 2 is 2.25 bits per heavy atom. The van der Waals surface area contributed by atoms with Crippen LogP contribution in [-0.4, -0.2) is 22.9 Å². The third-order valence-corrected chi connectivity index (χ3v) is 4.67. The van der Waals surface area contributed by atoms with Gasteiger partial charge < -0.3 is 10.5 Å². The number of ether oxygens (including phenoxy) is 1. The predicted octanol–water partition coefficient (Wildman–Crippen LogP) is 3.53. The number of hydrogen-bond acceptors (Lipinski definition) is 3. The van der Waals surface area contributed by atoms with Gasteiger partial charge in [0.2, 0.25) is 0 Å². The van der Waals surface area contributed by atoms with Crippen molar-refractivity contribution in [2.24, 2.45) is 0 Å². The van der Waals surface area contributed by atoms with E-state index in [2.05, 4.69) is 38.3 Å². The highest BCUT2D eigenvalue weighted by molar-refractivity contribution is 9.10. The smallest absolute Gasteiger partial charge is 0.153 e. The summed E-state index contributed by atoms with van der Waals surface area (Å²) in [6, 6.07) is 8.12. The third kappa shape index (κ3) is 2.36. The number of halogens is 1. The minimum Gasteiger partial charge on any atom is -0.382 e. The molecule has 0 spiro atoms. The molecular formula is C15H18BrN3O. The van der Waals surface area contributed by atoms with Crippen LogP contribution in [0.15, 0.2) is 28.7 Å². The van der Waals surface area contributed by atoms with E-state index in [4.69, 9.17) is 10.5 Å². The van der Waals surface area contributed by atoms with Gasteiger partial charge in [0.1, 0.15) is 0 Å². The van der Waals surface area contributed by atoms with Gasteiger partial charge in [-0.25, -0.2) is 0 Å².